The van der Waals surface area contributed by atoms with Crippen LogP contribution in [-0.4, -0.2) is 23.0 Å². The molecule has 0 saturated carbocycles. The molecule has 0 saturated heterocycles. The van der Waals surface area contributed by atoms with Crippen LogP contribution in [0.1, 0.15) is 96.9 Å². The van der Waals surface area contributed by atoms with E-state index in [0.29, 0.717) is 11.5 Å². The Morgan fingerprint density at radius 1 is 0.952 bits per heavy atom. The molecule has 2 atom stereocenters. The topological polar surface area (TPSA) is 66.4 Å². The Kier molecular flexibility index (Phi) is 12.1. The molecule has 0 spiro atoms. The molecule has 0 aliphatic heterocycles. The Morgan fingerprint density at radius 2 is 1.64 bits per heavy atom. The number of carbonyl (C=O) groups excluding carboxylic acids is 1. The van der Waals surface area contributed by atoms with Crippen LogP contribution in [0.5, 0.6) is 0 Å². The van der Waals surface area contributed by atoms with E-state index in [2.05, 4.69) is 83.3 Å². The molecule has 4 rings (SSSR count). The van der Waals surface area contributed by atoms with Crippen molar-refractivity contribution in [2.24, 2.45) is 5.92 Å². The molecule has 1 aliphatic rings. The second kappa shape index (κ2) is 15.7. The number of rotatable bonds is 9. The molecule has 0 heterocycles. The molecular weight excluding hydrogens is 518 g/mol. The van der Waals surface area contributed by atoms with E-state index < -0.39 is 5.97 Å². The first-order chi connectivity index (χ1) is 20.1. The third kappa shape index (κ3) is 9.17. The van der Waals surface area contributed by atoms with Crippen LogP contribution < -0.4 is 5.32 Å². The normalized spacial score (nSPS) is 14.6. The Labute approximate surface area is 251 Å². The van der Waals surface area contributed by atoms with Gasteiger partial charge in [0.2, 0.25) is 0 Å². The van der Waals surface area contributed by atoms with E-state index in [9.17, 15) is 9.59 Å². The lowest BCUT2D eigenvalue weighted by molar-refractivity contribution is 0.0696. The third-order valence-electron chi connectivity index (χ3n) is 7.92. The molecule has 4 nitrogen and oxygen atoms in total. The highest BCUT2D eigenvalue weighted by molar-refractivity contribution is 5.96. The van der Waals surface area contributed by atoms with Crippen LogP contribution in [0.3, 0.4) is 0 Å². The molecule has 2 N–H and O–H groups in total. The molecular formula is C38H45NO3. The van der Waals surface area contributed by atoms with Crippen LogP contribution in [0.25, 0.3) is 11.1 Å². The number of aromatic carboxylic acids is 1. The molecule has 0 bridgehead atoms. The van der Waals surface area contributed by atoms with E-state index in [1.165, 1.54) is 22.3 Å². The number of carboxylic acid groups (broad SMARTS) is 1. The lowest BCUT2D eigenvalue weighted by atomic mass is 9.90. The minimum Gasteiger partial charge on any atom is -0.478 e. The van der Waals surface area contributed by atoms with Gasteiger partial charge in [-0.05, 0) is 118 Å². The van der Waals surface area contributed by atoms with Gasteiger partial charge >= 0.3 is 5.97 Å². The summed E-state index contributed by atoms with van der Waals surface area (Å²) < 4.78 is 0. The first-order valence-electron chi connectivity index (χ1n) is 14.9. The molecule has 220 valence electrons. The Hall–Kier alpha value is -4.18. The van der Waals surface area contributed by atoms with Crippen LogP contribution in [0.4, 0.5) is 0 Å². The lowest BCUT2D eigenvalue weighted by Crippen LogP contribution is -2.33. The van der Waals surface area contributed by atoms with Gasteiger partial charge < -0.3 is 10.4 Å². The molecule has 2 unspecified atom stereocenters. The molecule has 1 amide bonds. The molecule has 0 aromatic heterocycles. The average molecular weight is 564 g/mol. The zero-order chi connectivity index (χ0) is 30.6. The van der Waals surface area contributed by atoms with Crippen molar-refractivity contribution in [1.29, 1.82) is 0 Å². The van der Waals surface area contributed by atoms with E-state index in [0.717, 1.165) is 47.9 Å². The number of allylic oxidation sites excluding steroid dienone is 6. The number of hydrogen-bond donors (Lipinski definition) is 2. The molecule has 4 heteroatoms. The summed E-state index contributed by atoms with van der Waals surface area (Å²) in [7, 11) is 0. The molecule has 0 fully saturated rings. The maximum atomic E-state index is 12.6. The fourth-order valence-corrected chi connectivity index (χ4v) is 4.93. The van der Waals surface area contributed by atoms with Gasteiger partial charge in [-0.2, -0.15) is 0 Å². The number of nitrogens with one attached hydrogen (secondary N) is 1. The largest absolute Gasteiger partial charge is 0.478 e. The number of aryl methyl sites for hydroxylation is 2. The van der Waals surface area contributed by atoms with Gasteiger partial charge in [0.15, 0.2) is 0 Å². The average Bonchev–Trinajstić information content (AvgIpc) is 3.00. The van der Waals surface area contributed by atoms with E-state index in [-0.39, 0.29) is 11.9 Å². The number of carbonyl (C=O) groups is 2. The van der Waals surface area contributed by atoms with Crippen LogP contribution in [-0.2, 0) is 6.42 Å². The second-order valence-corrected chi connectivity index (χ2v) is 11.3. The van der Waals surface area contributed by atoms with Crippen molar-refractivity contribution in [3.63, 3.8) is 0 Å². The van der Waals surface area contributed by atoms with Crippen LogP contribution in [0, 0.1) is 12.8 Å². The minimum absolute atomic E-state index is 0.00312. The fraction of sp³-hybridized carbons (Fsp3) is 0.316. The fourth-order valence-electron chi connectivity index (χ4n) is 4.93. The molecule has 0 radical (unpaired) electrons. The van der Waals surface area contributed by atoms with Crippen molar-refractivity contribution < 1.29 is 14.7 Å². The van der Waals surface area contributed by atoms with Crippen LogP contribution >= 0.6 is 0 Å². The summed E-state index contributed by atoms with van der Waals surface area (Å²) in [6.45, 7) is 12.6. The summed E-state index contributed by atoms with van der Waals surface area (Å²) in [5, 5.41) is 12.3. The summed E-state index contributed by atoms with van der Waals surface area (Å²) in [6, 6.07) is 23.6. The predicted molar refractivity (Wildman–Crippen MR) is 176 cm³/mol. The monoisotopic (exact) mass is 563 g/mol. The minimum atomic E-state index is -0.868. The standard InChI is InChI=1S/C23H29NO.C15H16O2/c1-16(2)19(5)22-15-21(14-11-17(22)3)23(25)24-18(4)12-13-20-9-7-6-8-10-20;1-2-11-7-9-12(10-8-11)13-5-3-4-6-14(13)15(16)17/h6-11,14-15,18H,12-13H2,1-5H3,(H,24,25);3-7,9-11H,2,8H2,1H3,(H,16,17). The maximum Gasteiger partial charge on any atom is 0.336 e. The van der Waals surface area contributed by atoms with Crippen molar-refractivity contribution in [2.75, 3.05) is 0 Å². The van der Waals surface area contributed by atoms with Gasteiger partial charge in [0.05, 0.1) is 5.56 Å². The van der Waals surface area contributed by atoms with Gasteiger partial charge in [0.1, 0.15) is 0 Å². The van der Waals surface area contributed by atoms with E-state index in [4.69, 9.17) is 5.11 Å². The van der Waals surface area contributed by atoms with Gasteiger partial charge in [-0.3, -0.25) is 4.79 Å². The summed E-state index contributed by atoms with van der Waals surface area (Å²) in [5.41, 5.74) is 9.11. The highest BCUT2D eigenvalue weighted by Crippen LogP contribution is 2.28. The lowest BCUT2D eigenvalue weighted by Gasteiger charge is -2.15. The summed E-state index contributed by atoms with van der Waals surface area (Å²) in [6.07, 6.45) is 10.4. The van der Waals surface area contributed by atoms with Crippen LogP contribution in [0.15, 0.2) is 96.6 Å². The van der Waals surface area contributed by atoms with Gasteiger partial charge in [0.25, 0.3) is 5.91 Å². The third-order valence-corrected chi connectivity index (χ3v) is 7.92. The summed E-state index contributed by atoms with van der Waals surface area (Å²) >= 11 is 0. The van der Waals surface area contributed by atoms with Crippen molar-refractivity contribution in [1.82, 2.24) is 5.32 Å². The summed E-state index contributed by atoms with van der Waals surface area (Å²) in [5.74, 6) is -0.272. The highest BCUT2D eigenvalue weighted by atomic mass is 16.4. The number of hydrogen-bond acceptors (Lipinski definition) is 2. The summed E-state index contributed by atoms with van der Waals surface area (Å²) in [4.78, 5) is 23.7. The number of amides is 1. The van der Waals surface area contributed by atoms with Gasteiger partial charge in [-0.25, -0.2) is 4.79 Å². The van der Waals surface area contributed by atoms with Crippen molar-refractivity contribution >= 4 is 23.0 Å². The quantitative estimate of drug-likeness (QED) is 0.273. The SMILES string of the molecule is CC(C)=C(C)c1cc(C(=O)NC(C)CCc2ccccc2)ccc1C.CCC1C=CC(c2ccccc2C(=O)O)=CC1. The molecule has 3 aromatic rings. The Balaban J connectivity index is 0.000000247. The zero-order valence-corrected chi connectivity index (χ0v) is 25.9. The second-order valence-electron chi connectivity index (χ2n) is 11.3. The zero-order valence-electron chi connectivity index (χ0n) is 25.9. The molecule has 3 aromatic carbocycles. The van der Waals surface area contributed by atoms with Crippen molar-refractivity contribution in [3.05, 3.63) is 130 Å². The number of carboxylic acids is 1. The molecule has 42 heavy (non-hydrogen) atoms. The Morgan fingerprint density at radius 3 is 2.26 bits per heavy atom. The smallest absolute Gasteiger partial charge is 0.336 e. The van der Waals surface area contributed by atoms with E-state index in [1.54, 1.807) is 12.1 Å². The highest BCUT2D eigenvalue weighted by Gasteiger charge is 2.15. The van der Waals surface area contributed by atoms with Gasteiger partial charge in [-0.15, -0.1) is 0 Å². The maximum absolute atomic E-state index is 12.6. The first-order valence-corrected chi connectivity index (χ1v) is 14.9. The number of benzene rings is 3. The van der Waals surface area contributed by atoms with E-state index in [1.807, 2.05) is 42.5 Å². The van der Waals surface area contributed by atoms with Crippen molar-refractivity contribution in [3.8, 4) is 0 Å². The Bertz CT molecular complexity index is 1460. The van der Waals surface area contributed by atoms with Crippen molar-refractivity contribution in [2.45, 2.75) is 73.3 Å². The first kappa shape index (κ1) is 32.3. The van der Waals surface area contributed by atoms with Gasteiger partial charge in [-0.1, -0.05) is 85.3 Å². The molecule has 1 aliphatic carbocycles. The van der Waals surface area contributed by atoms with Crippen LogP contribution in [0.2, 0.25) is 0 Å². The van der Waals surface area contributed by atoms with E-state index >= 15 is 0 Å². The van der Waals surface area contributed by atoms with Gasteiger partial charge in [0, 0.05) is 11.6 Å². The predicted octanol–water partition coefficient (Wildman–Crippen LogP) is 9.31.